The van der Waals surface area contributed by atoms with Gasteiger partial charge in [-0.2, -0.15) is 0 Å². The fourth-order valence-corrected chi connectivity index (χ4v) is 2.29. The van der Waals surface area contributed by atoms with Crippen LogP contribution in [0.1, 0.15) is 11.7 Å². The standard InChI is InChI=1S/C13H12N4O2/c18-13-17-9-2-1-7(3-11(9)19-13)10-6-15-12(16-10)8-4-14-5-8/h1-3,6,8,14H,4-5H2,(H,15,16)(H,17,18). The highest BCUT2D eigenvalue weighted by Crippen LogP contribution is 2.24. The van der Waals surface area contributed by atoms with Crippen molar-refractivity contribution in [1.82, 2.24) is 20.3 Å². The van der Waals surface area contributed by atoms with Crippen LogP contribution in [0, 0.1) is 0 Å². The van der Waals surface area contributed by atoms with E-state index in [1.807, 2.05) is 24.4 Å². The summed E-state index contributed by atoms with van der Waals surface area (Å²) in [5.74, 6) is 1.05. The third kappa shape index (κ3) is 1.68. The molecule has 6 nitrogen and oxygen atoms in total. The summed E-state index contributed by atoms with van der Waals surface area (Å²) in [6, 6.07) is 5.61. The number of aromatic nitrogens is 3. The summed E-state index contributed by atoms with van der Waals surface area (Å²) < 4.78 is 5.06. The number of oxazole rings is 1. The van der Waals surface area contributed by atoms with E-state index in [0.717, 1.165) is 30.2 Å². The molecule has 3 aromatic rings. The van der Waals surface area contributed by atoms with Crippen LogP contribution in [0.2, 0.25) is 0 Å². The van der Waals surface area contributed by atoms with E-state index in [1.54, 1.807) is 0 Å². The van der Waals surface area contributed by atoms with Gasteiger partial charge in [-0.25, -0.2) is 9.78 Å². The van der Waals surface area contributed by atoms with E-state index >= 15 is 0 Å². The number of hydrogen-bond acceptors (Lipinski definition) is 4. The predicted molar refractivity (Wildman–Crippen MR) is 70.0 cm³/mol. The molecular weight excluding hydrogens is 244 g/mol. The maximum Gasteiger partial charge on any atom is 0.417 e. The Bertz CT molecular complexity index is 794. The molecule has 0 atom stereocenters. The third-order valence-corrected chi connectivity index (χ3v) is 3.50. The Morgan fingerprint density at radius 1 is 1.26 bits per heavy atom. The van der Waals surface area contributed by atoms with Crippen LogP contribution in [0.15, 0.2) is 33.6 Å². The second-order valence-electron chi connectivity index (χ2n) is 4.76. The number of fused-ring (bicyclic) bond motifs is 1. The van der Waals surface area contributed by atoms with Crippen molar-refractivity contribution in [3.8, 4) is 11.3 Å². The molecule has 0 spiro atoms. The third-order valence-electron chi connectivity index (χ3n) is 3.50. The zero-order chi connectivity index (χ0) is 12.8. The van der Waals surface area contributed by atoms with Gasteiger partial charge in [-0.05, 0) is 12.1 Å². The molecule has 0 bridgehead atoms. The lowest BCUT2D eigenvalue weighted by atomic mass is 10.0. The first kappa shape index (κ1) is 10.6. The fraction of sp³-hybridized carbons (Fsp3) is 0.231. The molecule has 4 rings (SSSR count). The van der Waals surface area contributed by atoms with E-state index in [4.69, 9.17) is 4.42 Å². The Hall–Kier alpha value is -2.34. The van der Waals surface area contributed by atoms with Gasteiger partial charge in [-0.3, -0.25) is 4.98 Å². The second kappa shape index (κ2) is 3.83. The quantitative estimate of drug-likeness (QED) is 0.643. The molecule has 3 N–H and O–H groups in total. The molecule has 0 aliphatic carbocycles. The SMILES string of the molecule is O=c1[nH]c2ccc(-c3cnc(C4CNC4)[nH]3)cc2o1. The normalized spacial score (nSPS) is 15.8. The average Bonchev–Trinajstić information content (AvgIpc) is 2.91. The minimum atomic E-state index is -0.432. The minimum Gasteiger partial charge on any atom is -0.408 e. The van der Waals surface area contributed by atoms with Gasteiger partial charge in [-0.15, -0.1) is 0 Å². The minimum absolute atomic E-state index is 0.432. The Morgan fingerprint density at radius 2 is 2.16 bits per heavy atom. The summed E-state index contributed by atoms with van der Waals surface area (Å²) in [4.78, 5) is 21.5. The van der Waals surface area contributed by atoms with Crippen LogP contribution in [0.25, 0.3) is 22.4 Å². The summed E-state index contributed by atoms with van der Waals surface area (Å²) in [6.45, 7) is 1.94. The molecule has 0 amide bonds. The van der Waals surface area contributed by atoms with Crippen molar-refractivity contribution in [1.29, 1.82) is 0 Å². The number of hydrogen-bond donors (Lipinski definition) is 3. The summed E-state index contributed by atoms with van der Waals surface area (Å²) in [5.41, 5.74) is 3.16. The van der Waals surface area contributed by atoms with Gasteiger partial charge in [0.05, 0.1) is 17.4 Å². The van der Waals surface area contributed by atoms with Gasteiger partial charge in [0.2, 0.25) is 0 Å². The number of rotatable bonds is 2. The summed E-state index contributed by atoms with van der Waals surface area (Å²) in [7, 11) is 0. The molecule has 6 heteroatoms. The van der Waals surface area contributed by atoms with Crippen molar-refractivity contribution < 1.29 is 4.42 Å². The largest absolute Gasteiger partial charge is 0.417 e. The molecule has 1 aliphatic heterocycles. The first-order valence-electron chi connectivity index (χ1n) is 6.18. The molecule has 1 saturated heterocycles. The van der Waals surface area contributed by atoms with Crippen LogP contribution in [0.5, 0.6) is 0 Å². The molecule has 1 aliphatic rings. The lowest BCUT2D eigenvalue weighted by Gasteiger charge is -2.24. The summed E-state index contributed by atoms with van der Waals surface area (Å²) >= 11 is 0. The number of benzene rings is 1. The first-order valence-corrected chi connectivity index (χ1v) is 6.18. The summed E-state index contributed by atoms with van der Waals surface area (Å²) in [6.07, 6.45) is 1.82. The first-order chi connectivity index (χ1) is 9.29. The van der Waals surface area contributed by atoms with Crippen LogP contribution in [0.4, 0.5) is 0 Å². The smallest absolute Gasteiger partial charge is 0.408 e. The summed E-state index contributed by atoms with van der Waals surface area (Å²) in [5, 5.41) is 3.22. The molecule has 3 heterocycles. The second-order valence-corrected chi connectivity index (χ2v) is 4.76. The van der Waals surface area contributed by atoms with Gasteiger partial charge in [0.15, 0.2) is 5.58 Å². The van der Waals surface area contributed by atoms with E-state index in [-0.39, 0.29) is 0 Å². The molecule has 2 aromatic heterocycles. The van der Waals surface area contributed by atoms with Gasteiger partial charge >= 0.3 is 5.76 Å². The number of nitrogens with one attached hydrogen (secondary N) is 3. The van der Waals surface area contributed by atoms with Crippen LogP contribution in [-0.2, 0) is 0 Å². The topological polar surface area (TPSA) is 86.7 Å². The van der Waals surface area contributed by atoms with Gasteiger partial charge in [0, 0.05) is 24.6 Å². The van der Waals surface area contributed by atoms with Crippen LogP contribution in [-0.4, -0.2) is 28.0 Å². The number of aromatic amines is 2. The zero-order valence-corrected chi connectivity index (χ0v) is 10.1. The molecule has 0 unspecified atom stereocenters. The molecule has 1 fully saturated rings. The van der Waals surface area contributed by atoms with Crippen molar-refractivity contribution in [3.05, 3.63) is 40.8 Å². The van der Waals surface area contributed by atoms with E-state index in [1.165, 1.54) is 0 Å². The number of imidazole rings is 1. The highest BCUT2D eigenvalue weighted by atomic mass is 16.4. The van der Waals surface area contributed by atoms with Gasteiger partial charge < -0.3 is 14.7 Å². The van der Waals surface area contributed by atoms with Gasteiger partial charge in [0.25, 0.3) is 0 Å². The Kier molecular flexibility index (Phi) is 2.13. The monoisotopic (exact) mass is 256 g/mol. The lowest BCUT2D eigenvalue weighted by Crippen LogP contribution is -2.40. The van der Waals surface area contributed by atoms with Gasteiger partial charge in [0.1, 0.15) is 5.82 Å². The highest BCUT2D eigenvalue weighted by molar-refractivity contribution is 5.78. The van der Waals surface area contributed by atoms with E-state index in [0.29, 0.717) is 17.0 Å². The van der Waals surface area contributed by atoms with E-state index in [9.17, 15) is 4.79 Å². The molecule has 19 heavy (non-hydrogen) atoms. The van der Waals surface area contributed by atoms with Gasteiger partial charge in [-0.1, -0.05) is 6.07 Å². The van der Waals surface area contributed by atoms with Crippen molar-refractivity contribution in [2.45, 2.75) is 5.92 Å². The molecular formula is C13H12N4O2. The van der Waals surface area contributed by atoms with Crippen LogP contribution >= 0.6 is 0 Å². The zero-order valence-electron chi connectivity index (χ0n) is 10.1. The predicted octanol–water partition coefficient (Wildman–Crippen LogP) is 1.20. The fourth-order valence-electron chi connectivity index (χ4n) is 2.29. The average molecular weight is 256 g/mol. The molecule has 0 radical (unpaired) electrons. The van der Waals surface area contributed by atoms with Crippen LogP contribution in [0.3, 0.4) is 0 Å². The molecule has 96 valence electrons. The van der Waals surface area contributed by atoms with Crippen molar-refractivity contribution in [3.63, 3.8) is 0 Å². The maximum absolute atomic E-state index is 11.1. The van der Waals surface area contributed by atoms with Crippen molar-refractivity contribution >= 4 is 11.1 Å². The lowest BCUT2D eigenvalue weighted by molar-refractivity contribution is 0.433. The maximum atomic E-state index is 11.1. The van der Waals surface area contributed by atoms with E-state index < -0.39 is 5.76 Å². The van der Waals surface area contributed by atoms with E-state index in [2.05, 4.69) is 20.3 Å². The van der Waals surface area contributed by atoms with Crippen molar-refractivity contribution in [2.24, 2.45) is 0 Å². The Labute approximate surface area is 107 Å². The van der Waals surface area contributed by atoms with Crippen molar-refractivity contribution in [2.75, 3.05) is 13.1 Å². The number of H-pyrrole nitrogens is 2. The Balaban J connectivity index is 1.76. The molecule has 1 aromatic carbocycles. The van der Waals surface area contributed by atoms with Crippen LogP contribution < -0.4 is 11.1 Å². The number of nitrogens with zero attached hydrogens (tertiary/aromatic N) is 1. The Morgan fingerprint density at radius 3 is 2.95 bits per heavy atom. The highest BCUT2D eigenvalue weighted by Gasteiger charge is 2.21. The molecule has 0 saturated carbocycles.